The fourth-order valence-corrected chi connectivity index (χ4v) is 19.3. The molecule has 0 spiro atoms. The van der Waals surface area contributed by atoms with Crippen LogP contribution in [0.5, 0.6) is 0 Å². The van der Waals surface area contributed by atoms with Gasteiger partial charge in [-0.25, -0.2) is 0 Å². The van der Waals surface area contributed by atoms with Crippen LogP contribution in [0.1, 0.15) is 78.1 Å². The Labute approximate surface area is 140 Å². The average Bonchev–Trinajstić information content (AvgIpc) is 3.22. The molecule has 2 aliphatic carbocycles. The molecule has 0 nitrogen and oxygen atoms in total. The topological polar surface area (TPSA) is 0 Å². The first-order valence-corrected chi connectivity index (χ1v) is 13.9. The van der Waals surface area contributed by atoms with E-state index in [1.165, 1.54) is 34.5 Å². The second-order valence-corrected chi connectivity index (χ2v) is 16.6. The summed E-state index contributed by atoms with van der Waals surface area (Å²) < 4.78 is 0. The molecular formula is C20H36P2+2. The first-order valence-electron chi connectivity index (χ1n) is 10.5. The smallest absolute Gasteiger partial charge is 0.0463 e. The second-order valence-electron chi connectivity index (χ2n) is 9.65. The summed E-state index contributed by atoms with van der Waals surface area (Å²) in [6.07, 6.45) is 16.5. The summed E-state index contributed by atoms with van der Waals surface area (Å²) in [5.74, 6) is 2.39. The van der Waals surface area contributed by atoms with Gasteiger partial charge < -0.3 is 0 Å². The van der Waals surface area contributed by atoms with Gasteiger partial charge in [0.1, 0.15) is 11.3 Å². The Kier molecular flexibility index (Phi) is 3.92. The van der Waals surface area contributed by atoms with E-state index in [-0.39, 0.29) is 15.8 Å². The molecule has 10 atom stereocenters. The minimum atomic E-state index is -0.0580. The van der Waals surface area contributed by atoms with E-state index < -0.39 is 0 Å². The van der Waals surface area contributed by atoms with Crippen LogP contribution in [0.2, 0.25) is 0 Å². The van der Waals surface area contributed by atoms with Crippen molar-refractivity contribution in [3.8, 4) is 0 Å². The van der Waals surface area contributed by atoms with E-state index in [2.05, 4.69) is 13.8 Å². The summed E-state index contributed by atoms with van der Waals surface area (Å²) in [7, 11) is -0.116. The highest BCUT2D eigenvalue weighted by atomic mass is 31.1. The largest absolute Gasteiger partial charge is 0.104 e. The molecule has 0 N–H and O–H groups in total. The molecule has 2 heteroatoms. The Balaban J connectivity index is 1.56. The Hall–Kier alpha value is 0.860. The Bertz CT molecular complexity index is 397. The number of hydrogen-bond acceptors (Lipinski definition) is 0. The zero-order valence-electron chi connectivity index (χ0n) is 14.7. The van der Waals surface area contributed by atoms with Gasteiger partial charge in [0.2, 0.25) is 0 Å². The van der Waals surface area contributed by atoms with Crippen molar-refractivity contribution in [1.82, 2.24) is 0 Å². The number of hydrogen-bond donors (Lipinski definition) is 0. The minimum Gasteiger partial charge on any atom is -0.0463 e. The average molecular weight is 338 g/mol. The van der Waals surface area contributed by atoms with E-state index in [9.17, 15) is 0 Å². The predicted molar refractivity (Wildman–Crippen MR) is 104 cm³/mol. The molecule has 7 unspecified atom stereocenters. The SMILES string of the molecule is CC1CC[C@H]2C3CC[C@H](C3)C3CC[C@@H](C)[PH+]3C3CCCC3[PH+]12. The zero-order chi connectivity index (χ0) is 14.8. The van der Waals surface area contributed by atoms with Gasteiger partial charge >= 0.3 is 0 Å². The number of rotatable bonds is 0. The molecule has 3 heterocycles. The van der Waals surface area contributed by atoms with Crippen LogP contribution in [0, 0.1) is 11.8 Å². The van der Waals surface area contributed by atoms with Gasteiger partial charge in [-0.3, -0.25) is 0 Å². The van der Waals surface area contributed by atoms with Crippen molar-refractivity contribution in [2.75, 3.05) is 0 Å². The van der Waals surface area contributed by atoms with Crippen LogP contribution in [0.15, 0.2) is 0 Å². The van der Waals surface area contributed by atoms with Gasteiger partial charge in [0.05, 0.1) is 22.6 Å². The third-order valence-corrected chi connectivity index (χ3v) is 18.4. The highest BCUT2D eigenvalue weighted by molar-refractivity contribution is 7.64. The molecule has 0 aromatic heterocycles. The molecule has 5 aliphatic rings. The first-order chi connectivity index (χ1) is 10.7. The molecule has 22 heavy (non-hydrogen) atoms. The van der Waals surface area contributed by atoms with E-state index in [1.807, 2.05) is 0 Å². The van der Waals surface area contributed by atoms with E-state index in [0.717, 1.165) is 11.3 Å². The van der Waals surface area contributed by atoms with Crippen molar-refractivity contribution >= 4 is 15.8 Å². The number of fused-ring (bicyclic) bond motifs is 9. The van der Waals surface area contributed by atoms with Gasteiger partial charge in [-0.05, 0) is 89.9 Å². The molecule has 0 radical (unpaired) electrons. The van der Waals surface area contributed by atoms with Crippen molar-refractivity contribution < 1.29 is 0 Å². The Morgan fingerprint density at radius 1 is 0.545 bits per heavy atom. The summed E-state index contributed by atoms with van der Waals surface area (Å²) in [4.78, 5) is 0. The monoisotopic (exact) mass is 338 g/mol. The van der Waals surface area contributed by atoms with Gasteiger partial charge in [0, 0.05) is 15.8 Å². The fraction of sp³-hybridized carbons (Fsp3) is 1.00. The molecule has 2 saturated carbocycles. The summed E-state index contributed by atoms with van der Waals surface area (Å²) in [5, 5.41) is 0. The summed E-state index contributed by atoms with van der Waals surface area (Å²) in [6, 6.07) is 0. The Morgan fingerprint density at radius 2 is 1.05 bits per heavy atom. The lowest BCUT2D eigenvalue weighted by atomic mass is 9.95. The summed E-state index contributed by atoms with van der Waals surface area (Å²) >= 11 is 0. The van der Waals surface area contributed by atoms with Crippen LogP contribution in [-0.2, 0) is 0 Å². The third kappa shape index (κ3) is 2.15. The van der Waals surface area contributed by atoms with Gasteiger partial charge in [-0.15, -0.1) is 0 Å². The molecule has 5 fully saturated rings. The van der Waals surface area contributed by atoms with Gasteiger partial charge in [0.15, 0.2) is 0 Å². The van der Waals surface area contributed by atoms with Crippen molar-refractivity contribution in [2.24, 2.45) is 11.8 Å². The lowest BCUT2D eigenvalue weighted by Gasteiger charge is -2.31. The lowest BCUT2D eigenvalue weighted by molar-refractivity contribution is 0.449. The van der Waals surface area contributed by atoms with Gasteiger partial charge in [0.25, 0.3) is 0 Å². The zero-order valence-corrected chi connectivity index (χ0v) is 16.7. The molecule has 3 saturated heterocycles. The molecule has 124 valence electrons. The fourth-order valence-electron chi connectivity index (χ4n) is 8.09. The van der Waals surface area contributed by atoms with E-state index in [0.29, 0.717) is 0 Å². The van der Waals surface area contributed by atoms with Crippen LogP contribution < -0.4 is 0 Å². The second kappa shape index (κ2) is 5.70. The summed E-state index contributed by atoms with van der Waals surface area (Å²) in [5.41, 5.74) is 7.40. The van der Waals surface area contributed by atoms with Crippen LogP contribution in [-0.4, -0.2) is 34.0 Å². The maximum Gasteiger partial charge on any atom is 0.104 e. The van der Waals surface area contributed by atoms with Crippen LogP contribution >= 0.6 is 15.8 Å². The van der Waals surface area contributed by atoms with Crippen LogP contribution in [0.3, 0.4) is 0 Å². The summed E-state index contributed by atoms with van der Waals surface area (Å²) in [6.45, 7) is 5.36. The molecule has 0 aromatic rings. The van der Waals surface area contributed by atoms with Crippen molar-refractivity contribution in [3.63, 3.8) is 0 Å². The van der Waals surface area contributed by atoms with Crippen LogP contribution in [0.25, 0.3) is 0 Å². The third-order valence-electron chi connectivity index (χ3n) is 8.84. The normalized spacial score (nSPS) is 60.3. The molecular weight excluding hydrogens is 302 g/mol. The van der Waals surface area contributed by atoms with Crippen molar-refractivity contribution in [2.45, 2.75) is 112 Å². The molecule has 2 bridgehead atoms. The van der Waals surface area contributed by atoms with Crippen LogP contribution in [0.4, 0.5) is 0 Å². The maximum absolute atomic E-state index is 2.68. The highest BCUT2D eigenvalue weighted by Gasteiger charge is 2.62. The molecule has 5 rings (SSSR count). The molecule has 3 aliphatic heterocycles. The van der Waals surface area contributed by atoms with Crippen molar-refractivity contribution in [1.29, 1.82) is 0 Å². The highest BCUT2D eigenvalue weighted by Crippen LogP contribution is 2.75. The van der Waals surface area contributed by atoms with E-state index in [1.54, 1.807) is 64.2 Å². The van der Waals surface area contributed by atoms with Crippen molar-refractivity contribution in [3.05, 3.63) is 0 Å². The maximum atomic E-state index is 2.68. The van der Waals surface area contributed by atoms with Gasteiger partial charge in [-0.1, -0.05) is 0 Å². The predicted octanol–water partition coefficient (Wildman–Crippen LogP) is 5.87. The molecule has 0 amide bonds. The van der Waals surface area contributed by atoms with E-state index >= 15 is 0 Å². The standard InChI is InChI=1S/C20H34P2/c1-13-6-10-17-15-8-9-16(12-15)18-11-7-14(2)22(18)20-5-3-4-19(20)21(13)17/h13-20H,3-12H2,1-2H3/p+2/t13-,14?,15-,16?,17?,18+,19?,20?,21?,22?/m1/s1. The molecule has 0 aromatic carbocycles. The first kappa shape index (κ1) is 15.1. The quantitative estimate of drug-likeness (QED) is 0.485. The minimum absolute atomic E-state index is 0.0580. The van der Waals surface area contributed by atoms with E-state index in [4.69, 9.17) is 0 Å². The lowest BCUT2D eigenvalue weighted by Crippen LogP contribution is -2.27. The van der Waals surface area contributed by atoms with Gasteiger partial charge in [-0.2, -0.15) is 0 Å². The Morgan fingerprint density at radius 3 is 1.55 bits per heavy atom.